The van der Waals surface area contributed by atoms with Gasteiger partial charge in [0.2, 0.25) is 0 Å². The van der Waals surface area contributed by atoms with Crippen molar-refractivity contribution in [1.82, 2.24) is 4.90 Å². The zero-order valence-electron chi connectivity index (χ0n) is 11.8. The minimum atomic E-state index is -0.723. The van der Waals surface area contributed by atoms with Crippen LogP contribution in [-0.2, 0) is 4.79 Å². The van der Waals surface area contributed by atoms with Crippen LogP contribution in [0.5, 0.6) is 0 Å². The van der Waals surface area contributed by atoms with E-state index in [1.54, 1.807) is 0 Å². The highest BCUT2D eigenvalue weighted by atomic mass is 79.9. The number of rotatable bonds is 7. The summed E-state index contributed by atoms with van der Waals surface area (Å²) in [5, 5.41) is 8.73. The first-order chi connectivity index (χ1) is 8.91. The minimum Gasteiger partial charge on any atom is -0.481 e. The Morgan fingerprint density at radius 2 is 2.05 bits per heavy atom. The van der Waals surface area contributed by atoms with Gasteiger partial charge in [-0.1, -0.05) is 28.1 Å². The van der Waals surface area contributed by atoms with Crippen LogP contribution >= 0.6 is 15.9 Å². The van der Waals surface area contributed by atoms with Crippen molar-refractivity contribution in [3.05, 3.63) is 34.3 Å². The predicted molar refractivity (Wildman–Crippen MR) is 81.3 cm³/mol. The number of halogens is 1. The number of aliphatic carboxylic acids is 1. The zero-order chi connectivity index (χ0) is 14.4. The van der Waals surface area contributed by atoms with Crippen LogP contribution in [0, 0.1) is 0 Å². The number of carbonyl (C=O) groups is 1. The van der Waals surface area contributed by atoms with Gasteiger partial charge in [0.15, 0.2) is 0 Å². The first-order valence-corrected chi connectivity index (χ1v) is 7.44. The lowest BCUT2D eigenvalue weighted by molar-refractivity contribution is -0.137. The van der Waals surface area contributed by atoms with Crippen LogP contribution in [0.1, 0.15) is 45.2 Å². The van der Waals surface area contributed by atoms with Crippen LogP contribution in [0.2, 0.25) is 0 Å². The highest BCUT2D eigenvalue weighted by Crippen LogP contribution is 2.25. The molecule has 3 nitrogen and oxygen atoms in total. The maximum Gasteiger partial charge on any atom is 0.303 e. The second kappa shape index (κ2) is 7.65. The Morgan fingerprint density at radius 1 is 1.37 bits per heavy atom. The van der Waals surface area contributed by atoms with Crippen LogP contribution in [0.15, 0.2) is 28.7 Å². The molecule has 106 valence electrons. The van der Waals surface area contributed by atoms with E-state index in [1.165, 1.54) is 5.56 Å². The van der Waals surface area contributed by atoms with Crippen molar-refractivity contribution >= 4 is 21.9 Å². The van der Waals surface area contributed by atoms with Crippen molar-refractivity contribution in [2.75, 3.05) is 6.54 Å². The number of nitrogens with zero attached hydrogens (tertiary/aromatic N) is 1. The molecule has 1 unspecified atom stereocenters. The van der Waals surface area contributed by atoms with E-state index in [0.717, 1.165) is 11.0 Å². The summed E-state index contributed by atoms with van der Waals surface area (Å²) in [6, 6.07) is 8.96. The molecule has 0 saturated carbocycles. The fraction of sp³-hybridized carbons (Fsp3) is 0.533. The van der Waals surface area contributed by atoms with Gasteiger partial charge < -0.3 is 5.11 Å². The fourth-order valence-electron chi connectivity index (χ4n) is 2.27. The van der Waals surface area contributed by atoms with Crippen molar-refractivity contribution in [2.24, 2.45) is 0 Å². The van der Waals surface area contributed by atoms with Gasteiger partial charge in [0.05, 0.1) is 0 Å². The SMILES string of the molecule is CC(C)N(CCCC(=O)O)C(C)c1cccc(Br)c1. The Kier molecular flexibility index (Phi) is 6.52. The first kappa shape index (κ1) is 16.2. The molecule has 19 heavy (non-hydrogen) atoms. The van der Waals surface area contributed by atoms with E-state index in [9.17, 15) is 4.79 Å². The Hall–Kier alpha value is -0.870. The van der Waals surface area contributed by atoms with Gasteiger partial charge in [-0.15, -0.1) is 0 Å². The molecule has 1 atom stereocenters. The normalized spacial score (nSPS) is 12.9. The molecule has 0 heterocycles. The van der Waals surface area contributed by atoms with Crippen molar-refractivity contribution in [1.29, 1.82) is 0 Å². The molecule has 0 saturated heterocycles. The molecule has 1 rings (SSSR count). The molecule has 0 aromatic heterocycles. The largest absolute Gasteiger partial charge is 0.481 e. The summed E-state index contributed by atoms with van der Waals surface area (Å²) in [7, 11) is 0. The van der Waals surface area contributed by atoms with Crippen molar-refractivity contribution < 1.29 is 9.90 Å². The third-order valence-electron chi connectivity index (χ3n) is 3.30. The van der Waals surface area contributed by atoms with Gasteiger partial charge in [0.25, 0.3) is 0 Å². The van der Waals surface area contributed by atoms with Gasteiger partial charge in [-0.05, 0) is 51.4 Å². The number of carboxylic acids is 1. The topological polar surface area (TPSA) is 40.5 Å². The van der Waals surface area contributed by atoms with Gasteiger partial charge >= 0.3 is 5.97 Å². The molecule has 0 aliphatic heterocycles. The van der Waals surface area contributed by atoms with Crippen molar-refractivity contribution in [3.63, 3.8) is 0 Å². The molecule has 0 aliphatic carbocycles. The van der Waals surface area contributed by atoms with Gasteiger partial charge in [0.1, 0.15) is 0 Å². The van der Waals surface area contributed by atoms with Gasteiger partial charge in [0, 0.05) is 23.0 Å². The van der Waals surface area contributed by atoms with E-state index in [4.69, 9.17) is 5.11 Å². The molecule has 0 spiro atoms. The maximum atomic E-state index is 10.6. The van der Waals surface area contributed by atoms with E-state index in [-0.39, 0.29) is 12.5 Å². The summed E-state index contributed by atoms with van der Waals surface area (Å²) < 4.78 is 1.08. The monoisotopic (exact) mass is 327 g/mol. The molecule has 0 radical (unpaired) electrons. The highest BCUT2D eigenvalue weighted by Gasteiger charge is 2.18. The van der Waals surface area contributed by atoms with Crippen molar-refractivity contribution in [2.45, 2.75) is 45.7 Å². The lowest BCUT2D eigenvalue weighted by Crippen LogP contribution is -2.34. The third kappa shape index (κ3) is 5.33. The molecular formula is C15H22BrNO2. The van der Waals surface area contributed by atoms with E-state index in [0.29, 0.717) is 12.5 Å². The number of benzene rings is 1. The zero-order valence-corrected chi connectivity index (χ0v) is 13.4. The Bertz CT molecular complexity index is 420. The molecule has 1 aromatic rings. The first-order valence-electron chi connectivity index (χ1n) is 6.64. The van der Waals surface area contributed by atoms with Crippen molar-refractivity contribution in [3.8, 4) is 0 Å². The Balaban J connectivity index is 2.72. The smallest absolute Gasteiger partial charge is 0.303 e. The van der Waals surface area contributed by atoms with Gasteiger partial charge in [-0.3, -0.25) is 9.69 Å². The summed E-state index contributed by atoms with van der Waals surface area (Å²) in [4.78, 5) is 12.9. The average Bonchev–Trinajstić information content (AvgIpc) is 2.33. The summed E-state index contributed by atoms with van der Waals surface area (Å²) >= 11 is 3.49. The molecule has 1 aromatic carbocycles. The predicted octanol–water partition coefficient (Wildman–Crippen LogP) is 4.09. The second-order valence-electron chi connectivity index (χ2n) is 5.06. The summed E-state index contributed by atoms with van der Waals surface area (Å²) in [5.41, 5.74) is 1.25. The van der Waals surface area contributed by atoms with E-state index in [1.807, 2.05) is 12.1 Å². The second-order valence-corrected chi connectivity index (χ2v) is 5.98. The third-order valence-corrected chi connectivity index (χ3v) is 3.79. The van der Waals surface area contributed by atoms with Crippen LogP contribution < -0.4 is 0 Å². The summed E-state index contributed by atoms with van der Waals surface area (Å²) in [5.74, 6) is -0.723. The molecule has 0 amide bonds. The van der Waals surface area contributed by atoms with Crippen LogP contribution in [0.25, 0.3) is 0 Å². The molecule has 0 fully saturated rings. The lowest BCUT2D eigenvalue weighted by atomic mass is 10.0. The maximum absolute atomic E-state index is 10.6. The van der Waals surface area contributed by atoms with Crippen LogP contribution in [-0.4, -0.2) is 28.6 Å². The molecule has 0 bridgehead atoms. The molecule has 0 aliphatic rings. The highest BCUT2D eigenvalue weighted by molar-refractivity contribution is 9.10. The Labute approximate surface area is 123 Å². The fourth-order valence-corrected chi connectivity index (χ4v) is 2.69. The van der Waals surface area contributed by atoms with E-state index in [2.05, 4.69) is 53.7 Å². The summed E-state index contributed by atoms with van der Waals surface area (Å²) in [6.45, 7) is 7.27. The van der Waals surface area contributed by atoms with Crippen LogP contribution in [0.4, 0.5) is 0 Å². The molecular weight excluding hydrogens is 306 g/mol. The quantitative estimate of drug-likeness (QED) is 0.820. The molecule has 1 N–H and O–H groups in total. The summed E-state index contributed by atoms with van der Waals surface area (Å²) in [6.07, 6.45) is 0.917. The van der Waals surface area contributed by atoms with E-state index < -0.39 is 5.97 Å². The number of hydrogen-bond donors (Lipinski definition) is 1. The average molecular weight is 328 g/mol. The van der Waals surface area contributed by atoms with Gasteiger partial charge in [-0.25, -0.2) is 0 Å². The van der Waals surface area contributed by atoms with Gasteiger partial charge in [-0.2, -0.15) is 0 Å². The molecule has 4 heteroatoms. The number of hydrogen-bond acceptors (Lipinski definition) is 2. The van der Waals surface area contributed by atoms with E-state index >= 15 is 0 Å². The van der Waals surface area contributed by atoms with Crippen LogP contribution in [0.3, 0.4) is 0 Å². The number of carboxylic acid groups (broad SMARTS) is 1. The lowest BCUT2D eigenvalue weighted by Gasteiger charge is -2.33. The minimum absolute atomic E-state index is 0.231. The standard InChI is InChI=1S/C15H22BrNO2/c1-11(2)17(9-5-8-15(18)19)12(3)13-6-4-7-14(16)10-13/h4,6-7,10-12H,5,8-9H2,1-3H3,(H,18,19). The Morgan fingerprint density at radius 3 is 2.58 bits per heavy atom.